The van der Waals surface area contributed by atoms with Crippen molar-refractivity contribution in [2.45, 2.75) is 25.3 Å². The van der Waals surface area contributed by atoms with Gasteiger partial charge in [0.25, 0.3) is 0 Å². The Bertz CT molecular complexity index is 407. The van der Waals surface area contributed by atoms with Gasteiger partial charge < -0.3 is 10.1 Å². The molecule has 2 unspecified atom stereocenters. The number of anilines is 1. The first-order valence-electron chi connectivity index (χ1n) is 6.99. The first-order valence-corrected chi connectivity index (χ1v) is 6.99. The van der Waals surface area contributed by atoms with Gasteiger partial charge in [-0.25, -0.2) is 0 Å². The SMILES string of the molecule is CC1COCCN1CC1CCNc2ccccc21. The monoisotopic (exact) mass is 246 g/mol. The van der Waals surface area contributed by atoms with Gasteiger partial charge in [0.15, 0.2) is 0 Å². The molecule has 2 aliphatic heterocycles. The van der Waals surface area contributed by atoms with Crippen molar-refractivity contribution >= 4 is 5.69 Å². The van der Waals surface area contributed by atoms with Crippen molar-refractivity contribution in [1.82, 2.24) is 4.90 Å². The minimum absolute atomic E-state index is 0.556. The van der Waals surface area contributed by atoms with Crippen LogP contribution in [0.15, 0.2) is 24.3 Å². The molecule has 18 heavy (non-hydrogen) atoms. The van der Waals surface area contributed by atoms with E-state index in [4.69, 9.17) is 4.74 Å². The molecule has 1 N–H and O–H groups in total. The number of hydrogen-bond donors (Lipinski definition) is 1. The zero-order valence-electron chi connectivity index (χ0n) is 11.1. The smallest absolute Gasteiger partial charge is 0.0619 e. The molecular weight excluding hydrogens is 224 g/mol. The molecule has 2 aliphatic rings. The van der Waals surface area contributed by atoms with Crippen LogP contribution in [0, 0.1) is 0 Å². The number of rotatable bonds is 2. The quantitative estimate of drug-likeness (QED) is 0.866. The molecule has 3 heteroatoms. The first-order chi connectivity index (χ1) is 8.84. The minimum atomic E-state index is 0.556. The van der Waals surface area contributed by atoms with Gasteiger partial charge in [0.1, 0.15) is 0 Å². The fourth-order valence-corrected chi connectivity index (χ4v) is 3.06. The van der Waals surface area contributed by atoms with Crippen molar-refractivity contribution in [1.29, 1.82) is 0 Å². The van der Waals surface area contributed by atoms with E-state index < -0.39 is 0 Å². The number of ether oxygens (including phenoxy) is 1. The fraction of sp³-hybridized carbons (Fsp3) is 0.600. The van der Waals surface area contributed by atoms with Crippen molar-refractivity contribution in [3.63, 3.8) is 0 Å². The summed E-state index contributed by atoms with van der Waals surface area (Å²) in [6, 6.07) is 9.30. The van der Waals surface area contributed by atoms with Crippen LogP contribution in [-0.4, -0.2) is 43.8 Å². The Labute approximate surface area is 109 Å². The first kappa shape index (κ1) is 12.0. The molecule has 0 aromatic heterocycles. The lowest BCUT2D eigenvalue weighted by molar-refractivity contribution is -0.00334. The number of nitrogens with one attached hydrogen (secondary N) is 1. The molecule has 3 nitrogen and oxygen atoms in total. The van der Waals surface area contributed by atoms with Crippen LogP contribution in [0.4, 0.5) is 5.69 Å². The third kappa shape index (κ3) is 2.38. The predicted octanol–water partition coefficient (Wildman–Crippen LogP) is 2.31. The van der Waals surface area contributed by atoms with Crippen molar-refractivity contribution in [3.05, 3.63) is 29.8 Å². The molecule has 3 rings (SSSR count). The number of para-hydroxylation sites is 1. The van der Waals surface area contributed by atoms with Crippen LogP contribution in [0.2, 0.25) is 0 Å². The standard InChI is InChI=1S/C15H22N2O/c1-12-11-18-9-8-17(12)10-13-6-7-16-15-5-3-2-4-14(13)15/h2-5,12-13,16H,6-11H2,1H3. The molecule has 2 heterocycles. The second kappa shape index (κ2) is 5.29. The third-order valence-electron chi connectivity index (χ3n) is 4.17. The van der Waals surface area contributed by atoms with Crippen molar-refractivity contribution in [3.8, 4) is 0 Å². The summed E-state index contributed by atoms with van der Waals surface area (Å²) in [6.07, 6.45) is 1.24. The summed E-state index contributed by atoms with van der Waals surface area (Å²) in [6.45, 7) is 7.38. The lowest BCUT2D eigenvalue weighted by Crippen LogP contribution is -2.45. The molecule has 1 fully saturated rings. The Morgan fingerprint density at radius 2 is 2.28 bits per heavy atom. The highest BCUT2D eigenvalue weighted by Crippen LogP contribution is 2.32. The van der Waals surface area contributed by atoms with Gasteiger partial charge in [-0.15, -0.1) is 0 Å². The molecule has 1 aromatic rings. The Hall–Kier alpha value is -1.06. The van der Waals surface area contributed by atoms with E-state index in [0.717, 1.165) is 26.3 Å². The number of fused-ring (bicyclic) bond motifs is 1. The van der Waals surface area contributed by atoms with Gasteiger partial charge in [-0.3, -0.25) is 4.90 Å². The van der Waals surface area contributed by atoms with Crippen LogP contribution in [0.1, 0.15) is 24.8 Å². The van der Waals surface area contributed by atoms with Crippen molar-refractivity contribution < 1.29 is 4.74 Å². The van der Waals surface area contributed by atoms with E-state index in [1.165, 1.54) is 24.2 Å². The molecule has 0 saturated carbocycles. The van der Waals surface area contributed by atoms with Crippen LogP contribution in [0.5, 0.6) is 0 Å². The maximum atomic E-state index is 5.52. The molecule has 1 aromatic carbocycles. The number of hydrogen-bond acceptors (Lipinski definition) is 3. The molecule has 2 atom stereocenters. The predicted molar refractivity (Wildman–Crippen MR) is 74.1 cm³/mol. The largest absolute Gasteiger partial charge is 0.385 e. The Morgan fingerprint density at radius 3 is 3.17 bits per heavy atom. The van der Waals surface area contributed by atoms with E-state index in [0.29, 0.717) is 12.0 Å². The summed E-state index contributed by atoms with van der Waals surface area (Å²) >= 11 is 0. The third-order valence-corrected chi connectivity index (χ3v) is 4.17. The maximum absolute atomic E-state index is 5.52. The van der Waals surface area contributed by atoms with Gasteiger partial charge in [-0.2, -0.15) is 0 Å². The molecule has 0 spiro atoms. The van der Waals surface area contributed by atoms with Crippen LogP contribution < -0.4 is 5.32 Å². The summed E-state index contributed by atoms with van der Waals surface area (Å²) in [7, 11) is 0. The van der Waals surface area contributed by atoms with E-state index >= 15 is 0 Å². The molecular formula is C15H22N2O. The molecule has 0 radical (unpaired) electrons. The van der Waals surface area contributed by atoms with Crippen molar-refractivity contribution in [2.24, 2.45) is 0 Å². The van der Waals surface area contributed by atoms with E-state index in [1.807, 2.05) is 0 Å². The zero-order chi connectivity index (χ0) is 12.4. The summed E-state index contributed by atoms with van der Waals surface area (Å²) in [4.78, 5) is 2.58. The molecule has 0 bridgehead atoms. The molecule has 0 aliphatic carbocycles. The molecule has 0 amide bonds. The fourth-order valence-electron chi connectivity index (χ4n) is 3.06. The van der Waals surface area contributed by atoms with E-state index in [1.54, 1.807) is 0 Å². The Kier molecular flexibility index (Phi) is 3.52. The highest BCUT2D eigenvalue weighted by Gasteiger charge is 2.25. The van der Waals surface area contributed by atoms with Crippen molar-refractivity contribution in [2.75, 3.05) is 38.2 Å². The second-order valence-corrected chi connectivity index (χ2v) is 5.42. The summed E-state index contributed by atoms with van der Waals surface area (Å²) in [5, 5.41) is 3.50. The lowest BCUT2D eigenvalue weighted by atomic mass is 9.90. The second-order valence-electron chi connectivity index (χ2n) is 5.42. The summed E-state index contributed by atoms with van der Waals surface area (Å²) in [5.41, 5.74) is 2.82. The van der Waals surface area contributed by atoms with Crippen LogP contribution in [0.3, 0.4) is 0 Å². The van der Waals surface area contributed by atoms with Gasteiger partial charge in [-0.05, 0) is 25.0 Å². The van der Waals surface area contributed by atoms with Crippen LogP contribution in [-0.2, 0) is 4.74 Å². The van der Waals surface area contributed by atoms with Gasteiger partial charge in [0, 0.05) is 37.3 Å². The number of benzene rings is 1. The Morgan fingerprint density at radius 1 is 1.39 bits per heavy atom. The van der Waals surface area contributed by atoms with Crippen LogP contribution >= 0.6 is 0 Å². The van der Waals surface area contributed by atoms with Gasteiger partial charge >= 0.3 is 0 Å². The topological polar surface area (TPSA) is 24.5 Å². The van der Waals surface area contributed by atoms with Gasteiger partial charge in [-0.1, -0.05) is 18.2 Å². The average molecular weight is 246 g/mol. The van der Waals surface area contributed by atoms with E-state index in [-0.39, 0.29) is 0 Å². The van der Waals surface area contributed by atoms with Gasteiger partial charge in [0.05, 0.1) is 13.2 Å². The van der Waals surface area contributed by atoms with E-state index in [2.05, 4.69) is 41.4 Å². The van der Waals surface area contributed by atoms with Gasteiger partial charge in [0.2, 0.25) is 0 Å². The summed E-state index contributed by atoms with van der Waals surface area (Å²) < 4.78 is 5.52. The summed E-state index contributed by atoms with van der Waals surface area (Å²) in [5.74, 6) is 0.669. The molecule has 1 saturated heterocycles. The normalized spacial score (nSPS) is 28.5. The molecule has 98 valence electrons. The van der Waals surface area contributed by atoms with E-state index in [9.17, 15) is 0 Å². The maximum Gasteiger partial charge on any atom is 0.0619 e. The number of nitrogens with zero attached hydrogens (tertiary/aromatic N) is 1. The highest BCUT2D eigenvalue weighted by atomic mass is 16.5. The highest BCUT2D eigenvalue weighted by molar-refractivity contribution is 5.54. The zero-order valence-corrected chi connectivity index (χ0v) is 11.1. The number of morpholine rings is 1. The Balaban J connectivity index is 1.73. The minimum Gasteiger partial charge on any atom is -0.385 e. The lowest BCUT2D eigenvalue weighted by Gasteiger charge is -2.37. The average Bonchev–Trinajstić information content (AvgIpc) is 2.42. The van der Waals surface area contributed by atoms with Crippen LogP contribution in [0.25, 0.3) is 0 Å².